The molecule has 0 saturated heterocycles. The van der Waals surface area contributed by atoms with Crippen LogP contribution in [0.2, 0.25) is 15.1 Å². The second-order valence-electron chi connectivity index (χ2n) is 5.91. The highest BCUT2D eigenvalue weighted by molar-refractivity contribution is 9.10. The summed E-state index contributed by atoms with van der Waals surface area (Å²) < 4.78 is 6.35. The first-order valence-corrected chi connectivity index (χ1v) is 10.2. The molecule has 0 radical (unpaired) electrons. The number of carbonyl (C=O) groups is 2. The van der Waals surface area contributed by atoms with Gasteiger partial charge in [0.15, 0.2) is 6.61 Å². The monoisotopic (exact) mass is 506 g/mol. The van der Waals surface area contributed by atoms with Gasteiger partial charge in [-0.25, -0.2) is 0 Å². The number of nitrogens with one attached hydrogen (secondary N) is 1. The minimum Gasteiger partial charge on any atom is -0.482 e. The summed E-state index contributed by atoms with van der Waals surface area (Å²) in [6.45, 7) is 1.47. The van der Waals surface area contributed by atoms with Crippen molar-refractivity contribution >= 4 is 62.5 Å². The third-order valence-corrected chi connectivity index (χ3v) is 5.39. The van der Waals surface area contributed by atoms with Crippen LogP contribution in [0, 0.1) is 0 Å². The Hall–Kier alpha value is -1.47. The van der Waals surface area contributed by atoms with E-state index in [0.29, 0.717) is 26.4 Å². The van der Waals surface area contributed by atoms with Crippen LogP contribution in [0.3, 0.4) is 0 Å². The molecule has 1 atom stereocenters. The van der Waals surface area contributed by atoms with Crippen LogP contribution in [-0.2, 0) is 16.1 Å². The maximum atomic E-state index is 12.8. The summed E-state index contributed by atoms with van der Waals surface area (Å²) in [6, 6.07) is 9.33. The topological polar surface area (TPSA) is 58.6 Å². The van der Waals surface area contributed by atoms with E-state index in [9.17, 15) is 9.59 Å². The average Bonchev–Trinajstić information content (AvgIpc) is 2.65. The standard InChI is InChI=1S/C19H18BrCl3N2O3/c1-11(19(27)24-2)25(9-12-3-5-14(21)8-15(12)22)18(26)10-28-17-6-4-13(20)7-16(17)23/h3-8,11H,9-10H2,1-2H3,(H,24,27)/t11-/m0/s1. The van der Waals surface area contributed by atoms with E-state index in [0.717, 1.165) is 4.47 Å². The van der Waals surface area contributed by atoms with Gasteiger partial charge in [0.2, 0.25) is 5.91 Å². The van der Waals surface area contributed by atoms with Crippen molar-refractivity contribution in [2.75, 3.05) is 13.7 Å². The molecule has 5 nitrogen and oxygen atoms in total. The van der Waals surface area contributed by atoms with Crippen LogP contribution in [0.25, 0.3) is 0 Å². The minimum atomic E-state index is -0.728. The van der Waals surface area contributed by atoms with E-state index in [1.807, 2.05) is 0 Å². The van der Waals surface area contributed by atoms with Gasteiger partial charge in [0, 0.05) is 28.1 Å². The van der Waals surface area contributed by atoms with Crippen LogP contribution in [0.1, 0.15) is 12.5 Å². The van der Waals surface area contributed by atoms with Gasteiger partial charge in [-0.2, -0.15) is 0 Å². The SMILES string of the molecule is CNC(=O)[C@H](C)N(Cc1ccc(Cl)cc1Cl)C(=O)COc1ccc(Br)cc1Cl. The molecule has 0 aliphatic carbocycles. The molecule has 9 heteroatoms. The van der Waals surface area contributed by atoms with Crippen molar-refractivity contribution in [2.45, 2.75) is 19.5 Å². The Balaban J connectivity index is 2.19. The fraction of sp³-hybridized carbons (Fsp3) is 0.263. The second kappa shape index (κ2) is 10.3. The molecule has 0 bridgehead atoms. The lowest BCUT2D eigenvalue weighted by molar-refractivity contribution is -0.142. The summed E-state index contributed by atoms with van der Waals surface area (Å²) in [4.78, 5) is 26.4. The Morgan fingerprint density at radius 2 is 1.86 bits per heavy atom. The molecule has 0 aliphatic rings. The lowest BCUT2D eigenvalue weighted by Gasteiger charge is -2.28. The van der Waals surface area contributed by atoms with E-state index in [4.69, 9.17) is 39.5 Å². The highest BCUT2D eigenvalue weighted by atomic mass is 79.9. The Bertz CT molecular complexity index is 879. The molecular weight excluding hydrogens is 490 g/mol. The van der Waals surface area contributed by atoms with Gasteiger partial charge in [-0.1, -0.05) is 56.8 Å². The van der Waals surface area contributed by atoms with Crippen LogP contribution < -0.4 is 10.1 Å². The quantitative estimate of drug-likeness (QED) is 0.576. The Kier molecular flexibility index (Phi) is 8.43. The molecule has 28 heavy (non-hydrogen) atoms. The third kappa shape index (κ3) is 6.01. The van der Waals surface area contributed by atoms with Crippen LogP contribution in [0.15, 0.2) is 40.9 Å². The normalized spacial score (nSPS) is 11.6. The largest absolute Gasteiger partial charge is 0.482 e. The van der Waals surface area contributed by atoms with Crippen molar-refractivity contribution < 1.29 is 14.3 Å². The molecule has 2 rings (SSSR count). The first kappa shape index (κ1) is 22.8. The maximum absolute atomic E-state index is 12.8. The molecule has 0 aromatic heterocycles. The zero-order chi connectivity index (χ0) is 20.8. The summed E-state index contributed by atoms with van der Waals surface area (Å²) in [5, 5.41) is 3.81. The number of benzene rings is 2. The van der Waals surface area contributed by atoms with Gasteiger partial charge in [0.1, 0.15) is 11.8 Å². The van der Waals surface area contributed by atoms with Crippen LogP contribution >= 0.6 is 50.7 Å². The van der Waals surface area contributed by atoms with E-state index in [-0.39, 0.29) is 25.0 Å². The minimum absolute atomic E-state index is 0.126. The lowest BCUT2D eigenvalue weighted by atomic mass is 10.1. The van der Waals surface area contributed by atoms with Crippen molar-refractivity contribution in [3.63, 3.8) is 0 Å². The van der Waals surface area contributed by atoms with Gasteiger partial charge in [-0.05, 0) is 42.8 Å². The van der Waals surface area contributed by atoms with Gasteiger partial charge in [-0.3, -0.25) is 9.59 Å². The smallest absolute Gasteiger partial charge is 0.261 e. The molecule has 0 fully saturated rings. The zero-order valence-electron chi connectivity index (χ0n) is 15.1. The van der Waals surface area contributed by atoms with Gasteiger partial charge in [0.25, 0.3) is 5.91 Å². The number of amides is 2. The molecule has 0 saturated carbocycles. The van der Waals surface area contributed by atoms with Crippen LogP contribution in [0.4, 0.5) is 0 Å². The number of nitrogens with zero attached hydrogens (tertiary/aromatic N) is 1. The van der Waals surface area contributed by atoms with E-state index in [1.54, 1.807) is 43.3 Å². The molecule has 2 aromatic carbocycles. The third-order valence-electron chi connectivity index (χ3n) is 4.01. The highest BCUT2D eigenvalue weighted by Crippen LogP contribution is 2.28. The maximum Gasteiger partial charge on any atom is 0.261 e. The molecule has 0 heterocycles. The molecule has 150 valence electrons. The van der Waals surface area contributed by atoms with Crippen LogP contribution in [0.5, 0.6) is 5.75 Å². The van der Waals surface area contributed by atoms with Crippen molar-refractivity contribution in [1.82, 2.24) is 10.2 Å². The summed E-state index contributed by atoms with van der Waals surface area (Å²) in [7, 11) is 1.51. The molecular formula is C19H18BrCl3N2O3. The van der Waals surface area contributed by atoms with Gasteiger partial charge in [-0.15, -0.1) is 0 Å². The van der Waals surface area contributed by atoms with Crippen molar-refractivity contribution in [2.24, 2.45) is 0 Å². The fourth-order valence-electron chi connectivity index (χ4n) is 2.44. The fourth-order valence-corrected chi connectivity index (χ4v) is 3.64. The number of hydrogen-bond acceptors (Lipinski definition) is 3. The first-order chi connectivity index (χ1) is 13.2. The summed E-state index contributed by atoms with van der Waals surface area (Å²) in [5.74, 6) is -0.323. The van der Waals surface area contributed by atoms with Crippen molar-refractivity contribution in [3.05, 3.63) is 61.5 Å². The van der Waals surface area contributed by atoms with Gasteiger partial charge in [0.05, 0.1) is 5.02 Å². The first-order valence-electron chi connectivity index (χ1n) is 8.25. The highest BCUT2D eigenvalue weighted by Gasteiger charge is 2.26. The average molecular weight is 509 g/mol. The summed E-state index contributed by atoms with van der Waals surface area (Å²) >= 11 is 21.6. The predicted octanol–water partition coefficient (Wildman–Crippen LogP) is 4.95. The van der Waals surface area contributed by atoms with E-state index in [1.165, 1.54) is 11.9 Å². The van der Waals surface area contributed by atoms with E-state index >= 15 is 0 Å². The molecule has 0 aliphatic heterocycles. The summed E-state index contributed by atoms with van der Waals surface area (Å²) in [6.07, 6.45) is 0. The second-order valence-corrected chi connectivity index (χ2v) is 8.08. The van der Waals surface area contributed by atoms with E-state index in [2.05, 4.69) is 21.2 Å². The predicted molar refractivity (Wildman–Crippen MR) is 115 cm³/mol. The summed E-state index contributed by atoms with van der Waals surface area (Å²) in [5.41, 5.74) is 0.664. The number of likely N-dealkylation sites (N-methyl/N-ethyl adjacent to an activating group) is 1. The van der Waals surface area contributed by atoms with Crippen molar-refractivity contribution in [1.29, 1.82) is 0 Å². The Morgan fingerprint density at radius 3 is 2.46 bits per heavy atom. The van der Waals surface area contributed by atoms with Gasteiger partial charge >= 0.3 is 0 Å². The Morgan fingerprint density at radius 1 is 1.14 bits per heavy atom. The number of carbonyl (C=O) groups excluding carboxylic acids is 2. The van der Waals surface area contributed by atoms with E-state index < -0.39 is 6.04 Å². The molecule has 2 aromatic rings. The number of halogens is 4. The number of ether oxygens (including phenoxy) is 1. The lowest BCUT2D eigenvalue weighted by Crippen LogP contribution is -2.48. The van der Waals surface area contributed by atoms with Gasteiger partial charge < -0.3 is 15.0 Å². The number of hydrogen-bond donors (Lipinski definition) is 1. The Labute approximate surface area is 187 Å². The molecule has 2 amide bonds. The molecule has 1 N–H and O–H groups in total. The van der Waals surface area contributed by atoms with Crippen LogP contribution in [-0.4, -0.2) is 36.4 Å². The van der Waals surface area contributed by atoms with Crippen molar-refractivity contribution in [3.8, 4) is 5.75 Å². The number of rotatable bonds is 7. The molecule has 0 spiro atoms. The molecule has 0 unspecified atom stereocenters. The zero-order valence-corrected chi connectivity index (χ0v) is 19.0.